The van der Waals surface area contributed by atoms with E-state index in [1.807, 2.05) is 49.6 Å². The minimum atomic E-state index is -0.270. The molecule has 1 N–H and O–H groups in total. The quantitative estimate of drug-likeness (QED) is 0.467. The molecule has 0 fully saturated rings. The summed E-state index contributed by atoms with van der Waals surface area (Å²) in [6.45, 7) is 4.02. The maximum Gasteiger partial charge on any atom is 0.306 e. The Hall–Kier alpha value is -3.33. The van der Waals surface area contributed by atoms with Crippen molar-refractivity contribution in [2.75, 3.05) is 5.32 Å². The van der Waals surface area contributed by atoms with Crippen molar-refractivity contribution in [2.45, 2.75) is 33.3 Å². The van der Waals surface area contributed by atoms with Gasteiger partial charge in [-0.1, -0.05) is 18.2 Å². The van der Waals surface area contributed by atoms with Crippen LogP contribution >= 0.6 is 11.3 Å². The lowest BCUT2D eigenvalue weighted by Gasteiger charge is -2.10. The molecule has 148 valence electrons. The summed E-state index contributed by atoms with van der Waals surface area (Å²) in [7, 11) is 0. The molecule has 4 aromatic rings. The van der Waals surface area contributed by atoms with Gasteiger partial charge >= 0.3 is 5.97 Å². The van der Waals surface area contributed by atoms with Crippen molar-refractivity contribution in [3.05, 3.63) is 64.7 Å². The van der Waals surface area contributed by atoms with Gasteiger partial charge in [-0.05, 0) is 38.0 Å². The third-order valence-corrected chi connectivity index (χ3v) is 5.33. The molecule has 0 unspecified atom stereocenters. The zero-order chi connectivity index (χ0) is 20.2. The van der Waals surface area contributed by atoms with Gasteiger partial charge in [0.25, 0.3) is 5.78 Å². The van der Waals surface area contributed by atoms with Crippen LogP contribution in [-0.2, 0) is 22.6 Å². The average molecular weight is 408 g/mol. The molecule has 0 aliphatic carbocycles. The monoisotopic (exact) mass is 408 g/mol. The number of anilines is 2. The average Bonchev–Trinajstić information content (AvgIpc) is 3.36. The number of aryl methyl sites for hydroxylation is 2. The first-order valence-corrected chi connectivity index (χ1v) is 10.1. The Morgan fingerprint density at radius 2 is 2.03 bits per heavy atom. The SMILES string of the molecule is Cc1nc2ncnn2c(C)c1CCC(=O)OCc1csc(Nc2ccccc2)n1. The Bertz CT molecular complexity index is 1140. The van der Waals surface area contributed by atoms with Gasteiger partial charge in [0.1, 0.15) is 12.9 Å². The zero-order valence-corrected chi connectivity index (χ0v) is 16.9. The highest BCUT2D eigenvalue weighted by Crippen LogP contribution is 2.21. The van der Waals surface area contributed by atoms with Gasteiger partial charge in [0, 0.05) is 28.9 Å². The van der Waals surface area contributed by atoms with Crippen LogP contribution in [0.2, 0.25) is 0 Å². The smallest absolute Gasteiger partial charge is 0.306 e. The number of thiazole rings is 1. The first kappa shape index (κ1) is 19.0. The summed E-state index contributed by atoms with van der Waals surface area (Å²) < 4.78 is 7.07. The normalized spacial score (nSPS) is 11.0. The van der Waals surface area contributed by atoms with E-state index >= 15 is 0 Å². The molecule has 3 aromatic heterocycles. The number of rotatable bonds is 7. The Morgan fingerprint density at radius 3 is 2.86 bits per heavy atom. The molecular formula is C20H20N6O2S. The van der Waals surface area contributed by atoms with Crippen LogP contribution in [0.15, 0.2) is 42.0 Å². The fourth-order valence-corrected chi connectivity index (χ4v) is 3.76. The number of hydrogen-bond donors (Lipinski definition) is 1. The fraction of sp³-hybridized carbons (Fsp3) is 0.250. The van der Waals surface area contributed by atoms with Gasteiger partial charge < -0.3 is 10.1 Å². The van der Waals surface area contributed by atoms with E-state index in [-0.39, 0.29) is 19.0 Å². The number of hydrogen-bond acceptors (Lipinski definition) is 8. The number of nitrogens with one attached hydrogen (secondary N) is 1. The minimum absolute atomic E-state index is 0.157. The van der Waals surface area contributed by atoms with E-state index in [2.05, 4.69) is 25.4 Å². The zero-order valence-electron chi connectivity index (χ0n) is 16.1. The predicted octanol–water partition coefficient (Wildman–Crippen LogP) is 3.62. The molecule has 0 bridgehead atoms. The summed E-state index contributed by atoms with van der Waals surface area (Å²) in [6.07, 6.45) is 2.28. The standard InChI is InChI=1S/C20H20N6O2S/c1-13-17(14(2)26-19(23-13)21-12-22-26)8-9-18(27)28-10-16-11-29-20(25-16)24-15-6-4-3-5-7-15/h3-7,11-12H,8-10H2,1-2H3,(H,24,25). The molecule has 0 spiro atoms. The Labute approximate surface area is 171 Å². The van der Waals surface area contributed by atoms with Gasteiger partial charge in [0.15, 0.2) is 5.13 Å². The van der Waals surface area contributed by atoms with Gasteiger partial charge in [-0.2, -0.15) is 10.1 Å². The molecule has 0 radical (unpaired) electrons. The number of nitrogens with zero attached hydrogens (tertiary/aromatic N) is 5. The number of carbonyl (C=O) groups excluding carboxylic acids is 1. The molecule has 0 atom stereocenters. The van der Waals surface area contributed by atoms with Crippen LogP contribution in [0, 0.1) is 13.8 Å². The molecule has 0 amide bonds. The molecule has 0 saturated carbocycles. The first-order valence-electron chi connectivity index (χ1n) is 9.18. The number of esters is 1. The molecule has 0 aliphatic rings. The van der Waals surface area contributed by atoms with Crippen molar-refractivity contribution in [1.82, 2.24) is 24.6 Å². The minimum Gasteiger partial charge on any atom is -0.459 e. The van der Waals surface area contributed by atoms with Crippen LogP contribution in [0.5, 0.6) is 0 Å². The van der Waals surface area contributed by atoms with Crippen molar-refractivity contribution >= 4 is 33.9 Å². The largest absolute Gasteiger partial charge is 0.459 e. The van der Waals surface area contributed by atoms with Crippen molar-refractivity contribution in [3.63, 3.8) is 0 Å². The lowest BCUT2D eigenvalue weighted by Crippen LogP contribution is -2.10. The van der Waals surface area contributed by atoms with E-state index in [4.69, 9.17) is 4.74 Å². The lowest BCUT2D eigenvalue weighted by atomic mass is 10.1. The molecule has 4 rings (SSSR count). The molecule has 1 aromatic carbocycles. The second-order valence-corrected chi connectivity index (χ2v) is 7.39. The Kier molecular flexibility index (Phi) is 5.48. The van der Waals surface area contributed by atoms with E-state index in [0.717, 1.165) is 33.5 Å². The van der Waals surface area contributed by atoms with Crippen molar-refractivity contribution in [1.29, 1.82) is 0 Å². The van der Waals surface area contributed by atoms with Crippen molar-refractivity contribution < 1.29 is 9.53 Å². The molecule has 3 heterocycles. The molecule has 29 heavy (non-hydrogen) atoms. The van der Waals surface area contributed by atoms with Gasteiger partial charge in [-0.15, -0.1) is 11.3 Å². The van der Waals surface area contributed by atoms with Crippen molar-refractivity contribution in [2.24, 2.45) is 0 Å². The fourth-order valence-electron chi connectivity index (χ4n) is 3.05. The molecule has 0 saturated heterocycles. The lowest BCUT2D eigenvalue weighted by molar-refractivity contribution is -0.145. The molecular weight excluding hydrogens is 388 g/mol. The maximum absolute atomic E-state index is 12.2. The molecule has 0 aliphatic heterocycles. The van der Waals surface area contributed by atoms with Crippen molar-refractivity contribution in [3.8, 4) is 0 Å². The summed E-state index contributed by atoms with van der Waals surface area (Å²) in [5.41, 5.74) is 4.47. The number of fused-ring (bicyclic) bond motifs is 1. The van der Waals surface area contributed by atoms with Gasteiger partial charge in [-0.25, -0.2) is 14.5 Å². The van der Waals surface area contributed by atoms with E-state index in [1.165, 1.54) is 17.7 Å². The predicted molar refractivity (Wildman–Crippen MR) is 110 cm³/mol. The summed E-state index contributed by atoms with van der Waals surface area (Å²) in [5.74, 6) is 0.294. The number of benzene rings is 1. The third kappa shape index (κ3) is 4.40. The number of para-hydroxylation sites is 1. The van der Waals surface area contributed by atoms with E-state index in [9.17, 15) is 4.79 Å². The first-order chi connectivity index (χ1) is 14.1. The summed E-state index contributed by atoms with van der Waals surface area (Å²) in [5, 5.41) is 10.0. The summed E-state index contributed by atoms with van der Waals surface area (Å²) in [6, 6.07) is 9.81. The van der Waals surface area contributed by atoms with E-state index in [1.54, 1.807) is 4.52 Å². The van der Waals surface area contributed by atoms with Gasteiger partial charge in [-0.3, -0.25) is 4.79 Å². The highest BCUT2D eigenvalue weighted by Gasteiger charge is 2.13. The van der Waals surface area contributed by atoms with Crippen LogP contribution in [0.1, 0.15) is 29.1 Å². The highest BCUT2D eigenvalue weighted by molar-refractivity contribution is 7.13. The number of carbonyl (C=O) groups is 1. The number of ether oxygens (including phenoxy) is 1. The van der Waals surface area contributed by atoms with Crippen LogP contribution in [-0.4, -0.2) is 30.5 Å². The van der Waals surface area contributed by atoms with Crippen LogP contribution in [0.3, 0.4) is 0 Å². The summed E-state index contributed by atoms with van der Waals surface area (Å²) in [4.78, 5) is 25.2. The van der Waals surface area contributed by atoms with Crippen LogP contribution in [0.25, 0.3) is 5.78 Å². The van der Waals surface area contributed by atoms with Crippen LogP contribution in [0.4, 0.5) is 10.8 Å². The van der Waals surface area contributed by atoms with Gasteiger partial charge in [0.2, 0.25) is 0 Å². The molecule has 8 nitrogen and oxygen atoms in total. The van der Waals surface area contributed by atoms with Gasteiger partial charge in [0.05, 0.1) is 5.69 Å². The topological polar surface area (TPSA) is 94.3 Å². The number of aromatic nitrogens is 5. The Balaban J connectivity index is 1.31. The highest BCUT2D eigenvalue weighted by atomic mass is 32.1. The summed E-state index contributed by atoms with van der Waals surface area (Å²) >= 11 is 1.47. The van der Waals surface area contributed by atoms with E-state index < -0.39 is 0 Å². The third-order valence-electron chi connectivity index (χ3n) is 4.53. The van der Waals surface area contributed by atoms with Crippen LogP contribution < -0.4 is 5.32 Å². The maximum atomic E-state index is 12.2. The molecule has 9 heteroatoms. The second kappa shape index (κ2) is 8.36. The second-order valence-electron chi connectivity index (χ2n) is 6.53. The Morgan fingerprint density at radius 1 is 1.21 bits per heavy atom. The van der Waals surface area contributed by atoms with E-state index in [0.29, 0.717) is 12.2 Å².